The molecule has 4 aromatic rings. The number of thiazole rings is 1. The average Bonchev–Trinajstić information content (AvgIpc) is 3.46. The number of aromatic amines is 1. The monoisotopic (exact) mass is 524 g/mol. The molecule has 9 nitrogen and oxygen atoms in total. The van der Waals surface area contributed by atoms with E-state index in [2.05, 4.69) is 25.2 Å². The number of fused-ring (bicyclic) bond motifs is 4. The molecule has 6 rings (SSSR count). The number of aliphatic hydroxyl groups is 1. The first kappa shape index (κ1) is 23.5. The normalized spacial score (nSPS) is 18.6. The maximum absolute atomic E-state index is 13.3. The zero-order chi connectivity index (χ0) is 24.6. The minimum absolute atomic E-state index is 0.0118. The Balaban J connectivity index is 1.19. The zero-order valence-corrected chi connectivity index (χ0v) is 21.5. The van der Waals surface area contributed by atoms with Gasteiger partial charge in [0.15, 0.2) is 0 Å². The number of rotatable bonds is 6. The fourth-order valence-corrected chi connectivity index (χ4v) is 7.36. The first-order chi connectivity index (χ1) is 17.6. The van der Waals surface area contributed by atoms with Crippen LogP contribution in [0.15, 0.2) is 29.3 Å². The van der Waals surface area contributed by atoms with Gasteiger partial charge in [-0.05, 0) is 49.4 Å². The zero-order valence-electron chi connectivity index (χ0n) is 19.8. The number of aromatic nitrogens is 3. The molecule has 1 aliphatic heterocycles. The Kier molecular flexibility index (Phi) is 6.46. The van der Waals surface area contributed by atoms with Crippen molar-refractivity contribution >= 4 is 60.5 Å². The van der Waals surface area contributed by atoms with E-state index in [1.165, 1.54) is 21.8 Å². The SMILES string of the molecule is O=C(C1CCc2c(sc3ncnc(Nc4ccc5[nH]c(=O)sc5c4)c23)C1)N1CCN(CCCO)CC1. The van der Waals surface area contributed by atoms with Crippen molar-refractivity contribution in [1.29, 1.82) is 0 Å². The van der Waals surface area contributed by atoms with Crippen molar-refractivity contribution in [2.45, 2.75) is 25.7 Å². The van der Waals surface area contributed by atoms with E-state index in [1.54, 1.807) is 17.7 Å². The van der Waals surface area contributed by atoms with Crippen LogP contribution in [0.1, 0.15) is 23.3 Å². The lowest BCUT2D eigenvalue weighted by Crippen LogP contribution is -2.51. The number of aryl methyl sites for hydroxylation is 1. The molecular formula is C25H28N6O3S2. The number of benzene rings is 1. The number of carbonyl (C=O) groups excluding carboxylic acids is 1. The maximum atomic E-state index is 13.3. The molecule has 1 aromatic carbocycles. The van der Waals surface area contributed by atoms with Gasteiger partial charge in [-0.1, -0.05) is 11.3 Å². The van der Waals surface area contributed by atoms with Crippen molar-refractivity contribution < 1.29 is 9.90 Å². The smallest absolute Gasteiger partial charge is 0.305 e. The maximum Gasteiger partial charge on any atom is 0.305 e. The van der Waals surface area contributed by atoms with Gasteiger partial charge < -0.3 is 20.3 Å². The van der Waals surface area contributed by atoms with E-state index in [4.69, 9.17) is 5.11 Å². The predicted octanol–water partition coefficient (Wildman–Crippen LogP) is 2.97. The third-order valence-electron chi connectivity index (χ3n) is 7.19. The molecule has 0 bridgehead atoms. The molecule has 1 amide bonds. The highest BCUT2D eigenvalue weighted by molar-refractivity contribution is 7.19. The fraction of sp³-hybridized carbons (Fsp3) is 0.440. The van der Waals surface area contributed by atoms with Crippen LogP contribution < -0.4 is 10.2 Å². The molecule has 188 valence electrons. The van der Waals surface area contributed by atoms with Gasteiger partial charge in [-0.25, -0.2) is 9.97 Å². The van der Waals surface area contributed by atoms with E-state index in [9.17, 15) is 9.59 Å². The molecule has 0 spiro atoms. The van der Waals surface area contributed by atoms with Gasteiger partial charge in [0.2, 0.25) is 5.91 Å². The standard InChI is InChI=1S/C25H28N6O3S2/c32-11-1-6-30-7-9-31(10-8-30)24(33)15-2-4-17-19(12-15)35-23-21(17)22(26-14-27-23)28-16-3-5-18-20(13-16)36-25(34)29-18/h3,5,13-15,32H,1-2,4,6-12H2,(H,29,34)(H,26,27,28). The third kappa shape index (κ3) is 4.52. The fourth-order valence-electron chi connectivity index (χ4n) is 5.32. The van der Waals surface area contributed by atoms with Gasteiger partial charge in [-0.15, -0.1) is 11.3 Å². The number of hydrogen-bond acceptors (Lipinski definition) is 9. The van der Waals surface area contributed by atoms with Crippen molar-refractivity contribution in [3.8, 4) is 0 Å². The molecule has 3 N–H and O–H groups in total. The van der Waals surface area contributed by atoms with Gasteiger partial charge in [0.25, 0.3) is 0 Å². The van der Waals surface area contributed by atoms with Crippen LogP contribution in [-0.4, -0.2) is 75.1 Å². The second kappa shape index (κ2) is 9.89. The predicted molar refractivity (Wildman–Crippen MR) is 143 cm³/mol. The number of H-pyrrole nitrogens is 1. The molecule has 1 fully saturated rings. The number of thiophene rings is 1. The minimum atomic E-state index is -0.0637. The Labute approximate surface area is 215 Å². The number of nitrogens with one attached hydrogen (secondary N) is 2. The van der Waals surface area contributed by atoms with E-state index in [0.717, 1.165) is 90.3 Å². The summed E-state index contributed by atoms with van der Waals surface area (Å²) in [6, 6.07) is 5.80. The summed E-state index contributed by atoms with van der Waals surface area (Å²) in [7, 11) is 0. The quantitative estimate of drug-likeness (QED) is 0.355. The van der Waals surface area contributed by atoms with Crippen molar-refractivity contribution in [1.82, 2.24) is 24.8 Å². The molecule has 3 aromatic heterocycles. The summed E-state index contributed by atoms with van der Waals surface area (Å²) < 4.78 is 0.901. The Hall–Kier alpha value is -2.86. The molecule has 1 unspecified atom stereocenters. The molecule has 11 heteroatoms. The van der Waals surface area contributed by atoms with Gasteiger partial charge >= 0.3 is 4.87 Å². The summed E-state index contributed by atoms with van der Waals surface area (Å²) in [5, 5.41) is 13.5. The average molecular weight is 525 g/mol. The van der Waals surface area contributed by atoms with Crippen LogP contribution in [0.2, 0.25) is 0 Å². The van der Waals surface area contributed by atoms with Crippen LogP contribution in [0.4, 0.5) is 11.5 Å². The van der Waals surface area contributed by atoms with Crippen LogP contribution in [0.25, 0.3) is 20.4 Å². The van der Waals surface area contributed by atoms with E-state index < -0.39 is 0 Å². The Morgan fingerprint density at radius 1 is 1.19 bits per heavy atom. The lowest BCUT2D eigenvalue weighted by atomic mass is 9.86. The summed E-state index contributed by atoms with van der Waals surface area (Å²) in [4.78, 5) is 43.4. The Morgan fingerprint density at radius 3 is 2.89 bits per heavy atom. The van der Waals surface area contributed by atoms with Gasteiger partial charge in [0, 0.05) is 55.8 Å². The first-order valence-electron chi connectivity index (χ1n) is 12.4. The van der Waals surface area contributed by atoms with Gasteiger partial charge in [-0.3, -0.25) is 14.5 Å². The largest absolute Gasteiger partial charge is 0.396 e. The molecule has 0 radical (unpaired) electrons. The molecule has 1 aliphatic carbocycles. The van der Waals surface area contributed by atoms with E-state index in [0.29, 0.717) is 0 Å². The molecule has 1 saturated heterocycles. The second-order valence-corrected chi connectivity index (χ2v) is 11.5. The Bertz CT molecular complexity index is 1470. The topological polar surface area (TPSA) is 114 Å². The number of aliphatic hydroxyl groups excluding tert-OH is 1. The molecule has 0 saturated carbocycles. The summed E-state index contributed by atoms with van der Waals surface area (Å²) >= 11 is 2.86. The summed E-state index contributed by atoms with van der Waals surface area (Å²) in [6.07, 6.45) is 4.79. The second-order valence-electron chi connectivity index (χ2n) is 9.44. The molecule has 4 heterocycles. The lowest BCUT2D eigenvalue weighted by Gasteiger charge is -2.37. The van der Waals surface area contributed by atoms with Crippen LogP contribution in [0.3, 0.4) is 0 Å². The van der Waals surface area contributed by atoms with E-state index in [1.807, 2.05) is 23.1 Å². The summed E-state index contributed by atoms with van der Waals surface area (Å²) in [5.74, 6) is 1.05. The first-order valence-corrected chi connectivity index (χ1v) is 14.0. The Morgan fingerprint density at radius 2 is 2.06 bits per heavy atom. The number of piperazine rings is 1. The number of amides is 1. The van der Waals surface area contributed by atoms with E-state index >= 15 is 0 Å². The summed E-state index contributed by atoms with van der Waals surface area (Å²) in [6.45, 7) is 4.39. The van der Waals surface area contributed by atoms with Gasteiger partial charge in [0.1, 0.15) is 17.0 Å². The highest BCUT2D eigenvalue weighted by Crippen LogP contribution is 2.41. The highest BCUT2D eigenvalue weighted by Gasteiger charge is 2.32. The minimum Gasteiger partial charge on any atom is -0.396 e. The van der Waals surface area contributed by atoms with Gasteiger partial charge in [-0.2, -0.15) is 0 Å². The van der Waals surface area contributed by atoms with Crippen LogP contribution in [0, 0.1) is 5.92 Å². The van der Waals surface area contributed by atoms with Crippen molar-refractivity contribution in [2.75, 3.05) is 44.6 Å². The molecule has 1 atom stereocenters. The molecule has 2 aliphatic rings. The number of hydrogen-bond donors (Lipinski definition) is 3. The van der Waals surface area contributed by atoms with Crippen LogP contribution >= 0.6 is 22.7 Å². The molecular weight excluding hydrogens is 496 g/mol. The van der Waals surface area contributed by atoms with Crippen molar-refractivity contribution in [3.05, 3.63) is 44.6 Å². The molecule has 36 heavy (non-hydrogen) atoms. The number of carbonyl (C=O) groups is 1. The number of nitrogens with zero attached hydrogens (tertiary/aromatic N) is 4. The van der Waals surface area contributed by atoms with Crippen molar-refractivity contribution in [3.63, 3.8) is 0 Å². The lowest BCUT2D eigenvalue weighted by molar-refractivity contribution is -0.137. The van der Waals surface area contributed by atoms with Crippen molar-refractivity contribution in [2.24, 2.45) is 5.92 Å². The van der Waals surface area contributed by atoms with Crippen LogP contribution in [-0.2, 0) is 17.6 Å². The highest BCUT2D eigenvalue weighted by atomic mass is 32.1. The van der Waals surface area contributed by atoms with Crippen LogP contribution in [0.5, 0.6) is 0 Å². The van der Waals surface area contributed by atoms with Gasteiger partial charge in [0.05, 0.1) is 15.6 Å². The summed E-state index contributed by atoms with van der Waals surface area (Å²) in [5.41, 5.74) is 2.96. The van der Waals surface area contributed by atoms with E-state index in [-0.39, 0.29) is 23.3 Å². The third-order valence-corrected chi connectivity index (χ3v) is 9.20. The number of anilines is 2.